The number of nitrogens with one attached hydrogen (secondary N) is 2. The van der Waals surface area contributed by atoms with Crippen LogP contribution in [0.25, 0.3) is 0 Å². The summed E-state index contributed by atoms with van der Waals surface area (Å²) in [4.78, 5) is 30.1. The topological polar surface area (TPSA) is 117 Å². The molecule has 1 atom stereocenters. The highest BCUT2D eigenvalue weighted by Crippen LogP contribution is 2.16. The first-order chi connectivity index (χ1) is 9.56. The number of amides is 3. The molecule has 0 aliphatic rings. The van der Waals surface area contributed by atoms with Gasteiger partial charge < -0.3 is 5.32 Å². The van der Waals surface area contributed by atoms with E-state index in [2.05, 4.69) is 15.1 Å². The summed E-state index contributed by atoms with van der Waals surface area (Å²) < 4.78 is 0. The first-order valence-corrected chi connectivity index (χ1v) is 5.77. The molecule has 3 amide bonds. The average Bonchev–Trinajstić information content (AvgIpc) is 2.40. The minimum Gasteiger partial charge on any atom is -0.335 e. The van der Waals surface area contributed by atoms with Crippen LogP contribution >= 0.6 is 0 Å². The second kappa shape index (κ2) is 8.23. The number of carbonyl (C=O) groups is 2. The van der Waals surface area contributed by atoms with E-state index in [1.807, 2.05) is 5.32 Å². The first-order valence-electron chi connectivity index (χ1n) is 5.77. The summed E-state index contributed by atoms with van der Waals surface area (Å²) in [6.07, 6.45) is -0.781. The molecule has 1 aromatic carbocycles. The Labute approximate surface area is 115 Å². The molecule has 20 heavy (non-hydrogen) atoms. The van der Waals surface area contributed by atoms with E-state index in [0.29, 0.717) is 5.56 Å². The number of benzene rings is 1. The van der Waals surface area contributed by atoms with Crippen molar-refractivity contribution in [3.8, 4) is 0 Å². The van der Waals surface area contributed by atoms with Crippen LogP contribution in [0.2, 0.25) is 0 Å². The molecule has 0 aromatic heterocycles. The van der Waals surface area contributed by atoms with Crippen molar-refractivity contribution < 1.29 is 29.9 Å². The maximum Gasteiger partial charge on any atom is 0.321 e. The molecule has 0 saturated heterocycles. The molecule has 0 saturated carbocycles. The molecule has 0 heterocycles. The molecule has 0 bridgehead atoms. The fourth-order valence-corrected chi connectivity index (χ4v) is 1.51. The van der Waals surface area contributed by atoms with Gasteiger partial charge in [-0.25, -0.2) is 14.6 Å². The van der Waals surface area contributed by atoms with Crippen LogP contribution in [-0.2, 0) is 21.2 Å². The molecule has 1 aromatic rings. The Morgan fingerprint density at radius 1 is 1.25 bits per heavy atom. The Hall–Kier alpha value is -2.00. The van der Waals surface area contributed by atoms with Gasteiger partial charge in [-0.15, -0.1) is 0 Å². The van der Waals surface area contributed by atoms with Crippen LogP contribution in [0, 0.1) is 0 Å². The summed E-state index contributed by atoms with van der Waals surface area (Å²) in [5.74, 6) is -0.489. The van der Waals surface area contributed by atoms with Crippen molar-refractivity contribution in [1.82, 2.24) is 10.6 Å². The molecule has 8 heteroatoms. The molecule has 0 spiro atoms. The van der Waals surface area contributed by atoms with Gasteiger partial charge in [-0.2, -0.15) is 0 Å². The first kappa shape index (κ1) is 16.1. The fraction of sp³-hybridized carbons (Fsp3) is 0.333. The van der Waals surface area contributed by atoms with Crippen LogP contribution in [-0.4, -0.2) is 29.0 Å². The van der Waals surface area contributed by atoms with Gasteiger partial charge in [0, 0.05) is 6.92 Å². The van der Waals surface area contributed by atoms with E-state index in [9.17, 15) is 9.59 Å². The highest BCUT2D eigenvalue weighted by Gasteiger charge is 2.14. The minimum absolute atomic E-state index is 0.0224. The van der Waals surface area contributed by atoms with Crippen LogP contribution in [0.4, 0.5) is 4.79 Å². The lowest BCUT2D eigenvalue weighted by molar-refractivity contribution is -0.279. The van der Waals surface area contributed by atoms with Crippen molar-refractivity contribution in [3.05, 3.63) is 35.4 Å². The van der Waals surface area contributed by atoms with E-state index in [4.69, 9.17) is 10.5 Å². The number of hydrogen-bond acceptors (Lipinski definition) is 6. The molecule has 0 aliphatic heterocycles. The summed E-state index contributed by atoms with van der Waals surface area (Å²) in [6.45, 7) is 1.23. The van der Waals surface area contributed by atoms with Crippen molar-refractivity contribution in [1.29, 1.82) is 0 Å². The predicted octanol–water partition coefficient (Wildman–Crippen LogP) is 1.05. The largest absolute Gasteiger partial charge is 0.335 e. The molecule has 1 rings (SSSR count). The lowest BCUT2D eigenvalue weighted by Crippen LogP contribution is -2.40. The third kappa shape index (κ3) is 5.33. The van der Waals surface area contributed by atoms with Gasteiger partial charge in [-0.3, -0.25) is 20.6 Å². The Morgan fingerprint density at radius 2 is 1.90 bits per heavy atom. The van der Waals surface area contributed by atoms with E-state index in [0.717, 1.165) is 5.56 Å². The van der Waals surface area contributed by atoms with Crippen molar-refractivity contribution in [2.24, 2.45) is 0 Å². The number of urea groups is 1. The van der Waals surface area contributed by atoms with E-state index < -0.39 is 18.0 Å². The summed E-state index contributed by atoms with van der Waals surface area (Å²) >= 11 is 0. The normalized spacial score (nSPS) is 11.8. The average molecular weight is 284 g/mol. The smallest absolute Gasteiger partial charge is 0.321 e. The monoisotopic (exact) mass is 284 g/mol. The van der Waals surface area contributed by atoms with Crippen LogP contribution in [0.15, 0.2) is 24.3 Å². The van der Waals surface area contributed by atoms with Crippen LogP contribution in [0.1, 0.15) is 24.2 Å². The maximum absolute atomic E-state index is 11.2. The maximum atomic E-state index is 11.2. The quantitative estimate of drug-likeness (QED) is 0.458. The molecular formula is C12H16N2O6. The van der Waals surface area contributed by atoms with E-state index in [1.54, 1.807) is 24.3 Å². The van der Waals surface area contributed by atoms with Crippen molar-refractivity contribution in [3.63, 3.8) is 0 Å². The Bertz CT molecular complexity index is 448. The van der Waals surface area contributed by atoms with Gasteiger partial charge in [0.1, 0.15) is 12.7 Å². The third-order valence-corrected chi connectivity index (χ3v) is 2.45. The minimum atomic E-state index is -0.781. The lowest BCUT2D eigenvalue weighted by atomic mass is 10.1. The second-order valence-electron chi connectivity index (χ2n) is 4.00. The highest BCUT2D eigenvalue weighted by molar-refractivity contribution is 5.92. The van der Waals surface area contributed by atoms with Gasteiger partial charge in [0.05, 0.1) is 6.54 Å². The molecule has 0 fully saturated rings. The van der Waals surface area contributed by atoms with Crippen molar-refractivity contribution >= 4 is 11.9 Å². The van der Waals surface area contributed by atoms with Gasteiger partial charge in [-0.1, -0.05) is 24.3 Å². The molecule has 0 aliphatic carbocycles. The zero-order valence-corrected chi connectivity index (χ0v) is 10.8. The summed E-state index contributed by atoms with van der Waals surface area (Å²) in [7, 11) is 0. The van der Waals surface area contributed by atoms with Crippen LogP contribution in [0.5, 0.6) is 0 Å². The van der Waals surface area contributed by atoms with Gasteiger partial charge >= 0.3 is 6.03 Å². The summed E-state index contributed by atoms with van der Waals surface area (Å²) in [5.41, 5.74) is 1.34. The second-order valence-corrected chi connectivity index (χ2v) is 4.00. The Morgan fingerprint density at radius 3 is 2.40 bits per heavy atom. The van der Waals surface area contributed by atoms with Crippen molar-refractivity contribution in [2.75, 3.05) is 6.54 Å². The number of hydrogen-bond donors (Lipinski definition) is 4. The van der Waals surface area contributed by atoms with Gasteiger partial charge in [0.25, 0.3) is 0 Å². The summed E-state index contributed by atoms with van der Waals surface area (Å²) in [5, 5.41) is 21.6. The Kier molecular flexibility index (Phi) is 6.60. The fourth-order valence-electron chi connectivity index (χ4n) is 1.51. The molecule has 4 N–H and O–H groups in total. The molecule has 0 radical (unpaired) electrons. The molecular weight excluding hydrogens is 268 g/mol. The Balaban J connectivity index is 2.57. The standard InChI is InChI=1S/C12H16N2O6/c1-8(15)14-12(16)13-6-11(20-18)10-4-2-9(3-5-10)7-19-17/h2-5,11,17-18H,6-7H2,1H3,(H2,13,14,15,16). The number of rotatable bonds is 6. The van der Waals surface area contributed by atoms with Gasteiger partial charge in [0.2, 0.25) is 5.91 Å². The van der Waals surface area contributed by atoms with Crippen LogP contribution in [0.3, 0.4) is 0 Å². The van der Waals surface area contributed by atoms with E-state index in [-0.39, 0.29) is 13.2 Å². The zero-order valence-electron chi connectivity index (χ0n) is 10.8. The number of imide groups is 1. The van der Waals surface area contributed by atoms with Crippen molar-refractivity contribution in [2.45, 2.75) is 19.6 Å². The third-order valence-electron chi connectivity index (χ3n) is 2.45. The van der Waals surface area contributed by atoms with E-state index >= 15 is 0 Å². The predicted molar refractivity (Wildman–Crippen MR) is 67.5 cm³/mol. The highest BCUT2D eigenvalue weighted by atomic mass is 17.1. The lowest BCUT2D eigenvalue weighted by Gasteiger charge is -2.15. The number of carbonyl (C=O) groups excluding carboxylic acids is 2. The summed E-state index contributed by atoms with van der Waals surface area (Å²) in [6, 6.07) is 5.98. The molecule has 110 valence electrons. The van der Waals surface area contributed by atoms with Gasteiger partial charge in [-0.05, 0) is 11.1 Å². The molecule has 8 nitrogen and oxygen atoms in total. The van der Waals surface area contributed by atoms with Gasteiger partial charge in [0.15, 0.2) is 0 Å². The zero-order chi connectivity index (χ0) is 15.0. The van der Waals surface area contributed by atoms with Crippen LogP contribution < -0.4 is 10.6 Å². The molecule has 1 unspecified atom stereocenters. The van der Waals surface area contributed by atoms with E-state index in [1.165, 1.54) is 6.92 Å². The SMILES string of the molecule is CC(=O)NC(=O)NCC(OO)c1ccc(COO)cc1.